The van der Waals surface area contributed by atoms with Crippen molar-refractivity contribution in [1.82, 2.24) is 4.98 Å². The molecule has 2 aliphatic rings. The van der Waals surface area contributed by atoms with Crippen LogP contribution in [0.5, 0.6) is 17.2 Å². The average molecular weight is 377 g/mol. The Balaban J connectivity index is 1.44. The zero-order chi connectivity index (χ0) is 19.3. The smallest absolute Gasteiger partial charge is 0.127 e. The van der Waals surface area contributed by atoms with Crippen LogP contribution in [-0.2, 0) is 6.42 Å². The number of aromatic hydroxyl groups is 2. The number of aromatic amines is 1. The molecule has 3 aromatic rings. The Morgan fingerprint density at radius 3 is 2.64 bits per heavy atom. The summed E-state index contributed by atoms with van der Waals surface area (Å²) in [7, 11) is 0. The van der Waals surface area contributed by atoms with Gasteiger partial charge >= 0.3 is 0 Å². The number of hydrogen-bond acceptors (Lipinski definition) is 4. The lowest BCUT2D eigenvalue weighted by molar-refractivity contribution is 0.00538. The van der Waals surface area contributed by atoms with Gasteiger partial charge in [0.1, 0.15) is 23.4 Å². The Labute approximate surface area is 162 Å². The van der Waals surface area contributed by atoms with Crippen molar-refractivity contribution in [2.45, 2.75) is 37.9 Å². The number of phenolic OH excluding ortho intramolecular Hbond substituents is 2. The van der Waals surface area contributed by atoms with Crippen LogP contribution in [0.25, 0.3) is 23.1 Å². The van der Waals surface area contributed by atoms with Gasteiger partial charge in [0.05, 0.1) is 6.10 Å². The summed E-state index contributed by atoms with van der Waals surface area (Å²) in [6.07, 6.45) is 8.49. The molecule has 28 heavy (non-hydrogen) atoms. The molecule has 144 valence electrons. The van der Waals surface area contributed by atoms with Gasteiger partial charge in [-0.05, 0) is 60.7 Å². The molecular formula is C23H23NO4. The van der Waals surface area contributed by atoms with Gasteiger partial charge in [-0.1, -0.05) is 12.2 Å². The van der Waals surface area contributed by atoms with Crippen molar-refractivity contribution in [1.29, 1.82) is 0 Å². The van der Waals surface area contributed by atoms with E-state index in [4.69, 9.17) is 4.74 Å². The van der Waals surface area contributed by atoms with Crippen LogP contribution >= 0.6 is 0 Å². The zero-order valence-corrected chi connectivity index (χ0v) is 15.4. The number of fused-ring (bicyclic) bond motifs is 3. The molecule has 2 aromatic carbocycles. The second-order valence-electron chi connectivity index (χ2n) is 7.92. The molecule has 2 heterocycles. The molecule has 0 saturated heterocycles. The molecule has 1 fully saturated rings. The highest BCUT2D eigenvalue weighted by molar-refractivity contribution is 5.89. The lowest BCUT2D eigenvalue weighted by Crippen LogP contribution is -2.40. The first-order chi connectivity index (χ1) is 13.6. The summed E-state index contributed by atoms with van der Waals surface area (Å²) in [6, 6.07) is 9.22. The fourth-order valence-electron chi connectivity index (χ4n) is 4.49. The van der Waals surface area contributed by atoms with Crippen LogP contribution in [0, 0.1) is 5.92 Å². The number of benzene rings is 2. The predicted molar refractivity (Wildman–Crippen MR) is 108 cm³/mol. The molecule has 5 rings (SSSR count). The van der Waals surface area contributed by atoms with Gasteiger partial charge in [0.15, 0.2) is 0 Å². The number of ether oxygens (including phenoxy) is 1. The van der Waals surface area contributed by atoms with Gasteiger partial charge in [-0.3, -0.25) is 0 Å². The van der Waals surface area contributed by atoms with Crippen molar-refractivity contribution in [3.8, 4) is 17.2 Å². The normalized spacial score (nSPS) is 24.1. The van der Waals surface area contributed by atoms with Crippen LogP contribution in [-0.4, -0.2) is 32.5 Å². The summed E-state index contributed by atoms with van der Waals surface area (Å²) in [6.45, 7) is 0. The Bertz CT molecular complexity index is 1070. The minimum Gasteiger partial charge on any atom is -0.508 e. The first-order valence-electron chi connectivity index (χ1n) is 9.75. The van der Waals surface area contributed by atoms with E-state index in [-0.39, 0.29) is 23.7 Å². The maximum Gasteiger partial charge on any atom is 0.127 e. The van der Waals surface area contributed by atoms with Gasteiger partial charge in [0, 0.05) is 35.0 Å². The minimum absolute atomic E-state index is 0.0158. The lowest BCUT2D eigenvalue weighted by Gasteiger charge is -2.38. The van der Waals surface area contributed by atoms with E-state index in [0.717, 1.165) is 46.9 Å². The van der Waals surface area contributed by atoms with Crippen LogP contribution in [0.15, 0.2) is 36.5 Å². The number of aromatic nitrogens is 1. The van der Waals surface area contributed by atoms with Gasteiger partial charge < -0.3 is 25.0 Å². The highest BCUT2D eigenvalue weighted by atomic mass is 16.5. The second-order valence-corrected chi connectivity index (χ2v) is 7.92. The maximum atomic E-state index is 10.5. The van der Waals surface area contributed by atoms with Gasteiger partial charge in [0.2, 0.25) is 0 Å². The van der Waals surface area contributed by atoms with E-state index in [2.05, 4.69) is 4.98 Å². The van der Waals surface area contributed by atoms with Crippen LogP contribution in [0.4, 0.5) is 0 Å². The summed E-state index contributed by atoms with van der Waals surface area (Å²) in [4.78, 5) is 3.10. The molecule has 0 bridgehead atoms. The van der Waals surface area contributed by atoms with Crippen molar-refractivity contribution in [2.24, 2.45) is 5.92 Å². The number of H-pyrrole nitrogens is 1. The Morgan fingerprint density at radius 2 is 1.79 bits per heavy atom. The van der Waals surface area contributed by atoms with Crippen molar-refractivity contribution >= 4 is 23.1 Å². The lowest BCUT2D eigenvalue weighted by atomic mass is 9.79. The molecule has 1 aromatic heterocycles. The number of hydrogen-bond donors (Lipinski definition) is 4. The van der Waals surface area contributed by atoms with Crippen LogP contribution in [0.3, 0.4) is 0 Å². The number of nitrogens with one attached hydrogen (secondary N) is 1. The quantitative estimate of drug-likeness (QED) is 0.504. The summed E-state index contributed by atoms with van der Waals surface area (Å²) in [5.74, 6) is 1.55. The summed E-state index contributed by atoms with van der Waals surface area (Å²) in [5.41, 5.74) is 3.43. The number of rotatable bonds is 2. The molecular weight excluding hydrogens is 354 g/mol. The average Bonchev–Trinajstić information content (AvgIpc) is 3.14. The summed E-state index contributed by atoms with van der Waals surface area (Å²) < 4.78 is 6.15. The first kappa shape index (κ1) is 17.2. The van der Waals surface area contributed by atoms with E-state index in [0.29, 0.717) is 18.1 Å². The molecule has 0 unspecified atom stereocenters. The molecule has 5 nitrogen and oxygen atoms in total. The van der Waals surface area contributed by atoms with E-state index < -0.39 is 0 Å². The number of aliphatic hydroxyl groups excluding tert-OH is 1. The third-order valence-electron chi connectivity index (χ3n) is 5.99. The Hall–Kier alpha value is -2.92. The predicted octanol–water partition coefficient (Wildman–Crippen LogP) is 4.21. The molecule has 5 heteroatoms. The highest BCUT2D eigenvalue weighted by Crippen LogP contribution is 2.42. The van der Waals surface area contributed by atoms with Crippen molar-refractivity contribution < 1.29 is 20.1 Å². The first-order valence-corrected chi connectivity index (χ1v) is 9.75. The monoisotopic (exact) mass is 377 g/mol. The molecule has 4 N–H and O–H groups in total. The number of aliphatic hydroxyl groups is 1. The van der Waals surface area contributed by atoms with Crippen LogP contribution in [0.1, 0.15) is 36.0 Å². The van der Waals surface area contributed by atoms with Crippen LogP contribution in [0.2, 0.25) is 0 Å². The van der Waals surface area contributed by atoms with Crippen molar-refractivity contribution in [3.05, 3.63) is 53.2 Å². The minimum atomic E-state index is -0.296. The van der Waals surface area contributed by atoms with E-state index >= 15 is 0 Å². The second kappa shape index (κ2) is 6.60. The molecule has 1 aliphatic carbocycles. The maximum absolute atomic E-state index is 10.5. The summed E-state index contributed by atoms with van der Waals surface area (Å²) >= 11 is 0. The largest absolute Gasteiger partial charge is 0.508 e. The molecule has 0 amide bonds. The third-order valence-corrected chi connectivity index (χ3v) is 5.99. The Kier molecular flexibility index (Phi) is 4.05. The van der Waals surface area contributed by atoms with E-state index in [1.165, 1.54) is 0 Å². The van der Waals surface area contributed by atoms with Gasteiger partial charge in [-0.25, -0.2) is 0 Å². The van der Waals surface area contributed by atoms with Crippen LogP contribution < -0.4 is 4.74 Å². The van der Waals surface area contributed by atoms with Crippen molar-refractivity contribution in [2.75, 3.05) is 0 Å². The molecule has 1 aliphatic heterocycles. The molecule has 0 spiro atoms. The van der Waals surface area contributed by atoms with E-state index in [1.54, 1.807) is 18.3 Å². The van der Waals surface area contributed by atoms with Gasteiger partial charge in [-0.2, -0.15) is 0 Å². The number of phenols is 2. The third kappa shape index (κ3) is 3.02. The Morgan fingerprint density at radius 1 is 1.00 bits per heavy atom. The summed E-state index contributed by atoms with van der Waals surface area (Å²) in [5, 5.41) is 31.4. The molecule has 3 atom stereocenters. The standard InChI is InChI=1S/C23H23NO4/c25-16-4-3-15-11-18-21(27)9-14(10-23(18)28-22(15)12-16)2-1-13-7-19-17(5-6-24-19)20(26)8-13/h1-2,5-10,15-16,22,24-27H,3-4,11-12H2/b2-1+/t15-,16+,22+/m0/s1. The topological polar surface area (TPSA) is 85.7 Å². The van der Waals surface area contributed by atoms with E-state index in [9.17, 15) is 15.3 Å². The van der Waals surface area contributed by atoms with Crippen molar-refractivity contribution in [3.63, 3.8) is 0 Å². The molecule has 1 saturated carbocycles. The SMILES string of the molecule is Oc1cc(/C=C/c2cc(O)c3cc[nH]c3c2)cc2c1C[C@@H]1CC[C@@H](O)C[C@H]1O2. The fourth-order valence-corrected chi connectivity index (χ4v) is 4.49. The van der Waals surface area contributed by atoms with E-state index in [1.807, 2.05) is 30.4 Å². The molecule has 0 radical (unpaired) electrons. The highest BCUT2D eigenvalue weighted by Gasteiger charge is 2.36. The van der Waals surface area contributed by atoms with Gasteiger partial charge in [-0.15, -0.1) is 0 Å². The zero-order valence-electron chi connectivity index (χ0n) is 15.4. The fraction of sp³-hybridized carbons (Fsp3) is 0.304. The van der Waals surface area contributed by atoms with Gasteiger partial charge in [0.25, 0.3) is 0 Å².